The van der Waals surface area contributed by atoms with Crippen molar-refractivity contribution in [1.29, 1.82) is 0 Å². The molecule has 1 aromatic rings. The van der Waals surface area contributed by atoms with Gasteiger partial charge in [0.15, 0.2) is 0 Å². The summed E-state index contributed by atoms with van der Waals surface area (Å²) >= 11 is 3.38. The molecule has 18 heavy (non-hydrogen) atoms. The Hall–Kier alpha value is -1.07. The first-order chi connectivity index (χ1) is 8.52. The molecule has 0 heterocycles. The first-order valence-corrected chi connectivity index (χ1v) is 6.71. The summed E-state index contributed by atoms with van der Waals surface area (Å²) in [4.78, 5) is 11.7. The molecule has 0 radical (unpaired) electrons. The lowest BCUT2D eigenvalue weighted by Crippen LogP contribution is -2.16. The molecule has 0 aliphatic heterocycles. The summed E-state index contributed by atoms with van der Waals surface area (Å²) in [7, 11) is 1.60. The second-order valence-electron chi connectivity index (χ2n) is 4.27. The van der Waals surface area contributed by atoms with Crippen LogP contribution in [0, 0.1) is 0 Å². The molecule has 1 amide bonds. The molecule has 3 N–H and O–H groups in total. The molecular weight excluding hydrogens is 296 g/mol. The number of nitrogens with one attached hydrogen (secondary N) is 1. The van der Waals surface area contributed by atoms with Crippen LogP contribution in [0.25, 0.3) is 0 Å². The Labute approximate surface area is 116 Å². The van der Waals surface area contributed by atoms with E-state index in [1.165, 1.54) is 0 Å². The van der Waals surface area contributed by atoms with E-state index < -0.39 is 0 Å². The molecular formula is C13H19BrN2O2. The number of rotatable bonds is 6. The van der Waals surface area contributed by atoms with Crippen LogP contribution in [0.15, 0.2) is 22.7 Å². The fourth-order valence-corrected chi connectivity index (χ4v) is 2.09. The van der Waals surface area contributed by atoms with Crippen molar-refractivity contribution in [2.24, 2.45) is 5.73 Å². The van der Waals surface area contributed by atoms with E-state index in [1.54, 1.807) is 7.11 Å². The fourth-order valence-electron chi connectivity index (χ4n) is 1.55. The molecule has 0 aliphatic carbocycles. The number of ether oxygens (including phenoxy) is 1. The number of anilines is 1. The highest BCUT2D eigenvalue weighted by molar-refractivity contribution is 9.10. The zero-order valence-electron chi connectivity index (χ0n) is 10.7. The van der Waals surface area contributed by atoms with E-state index in [2.05, 4.69) is 21.2 Å². The highest BCUT2D eigenvalue weighted by Crippen LogP contribution is 2.27. The number of benzene rings is 1. The van der Waals surface area contributed by atoms with Crippen LogP contribution >= 0.6 is 15.9 Å². The van der Waals surface area contributed by atoms with E-state index >= 15 is 0 Å². The third-order valence-electron chi connectivity index (χ3n) is 2.50. The maximum Gasteiger partial charge on any atom is 0.224 e. The molecule has 0 fully saturated rings. The first-order valence-electron chi connectivity index (χ1n) is 5.92. The van der Waals surface area contributed by atoms with Crippen LogP contribution in [0.2, 0.25) is 0 Å². The smallest absolute Gasteiger partial charge is 0.224 e. The third-order valence-corrected chi connectivity index (χ3v) is 3.12. The number of methoxy groups -OCH3 is 1. The normalized spacial score (nSPS) is 12.0. The number of carbonyl (C=O) groups is 1. The highest BCUT2D eigenvalue weighted by Gasteiger charge is 2.06. The Morgan fingerprint density at radius 2 is 2.28 bits per heavy atom. The summed E-state index contributed by atoms with van der Waals surface area (Å²) in [5.74, 6) is 0.748. The van der Waals surface area contributed by atoms with Gasteiger partial charge in [0, 0.05) is 18.2 Å². The van der Waals surface area contributed by atoms with Crippen molar-refractivity contribution in [3.8, 4) is 5.75 Å². The number of amides is 1. The number of halogens is 1. The highest BCUT2D eigenvalue weighted by atomic mass is 79.9. The number of hydrogen-bond donors (Lipinski definition) is 2. The third kappa shape index (κ3) is 5.06. The van der Waals surface area contributed by atoms with Crippen molar-refractivity contribution in [1.82, 2.24) is 0 Å². The average Bonchev–Trinajstić information content (AvgIpc) is 2.28. The summed E-state index contributed by atoms with van der Waals surface area (Å²) in [6.07, 6.45) is 2.16. The monoisotopic (exact) mass is 314 g/mol. The Morgan fingerprint density at radius 3 is 2.83 bits per heavy atom. The maximum absolute atomic E-state index is 11.7. The molecule has 0 aliphatic rings. The Kier molecular flexibility index (Phi) is 6.15. The standard InChI is InChI=1S/C13H19BrN2O2/c1-9(15)4-3-5-13(17)16-10-6-7-12(18-2)11(14)8-10/h6-9H,3-5,15H2,1-2H3,(H,16,17). The van der Waals surface area contributed by atoms with Crippen molar-refractivity contribution in [2.45, 2.75) is 32.2 Å². The van der Waals surface area contributed by atoms with Gasteiger partial charge in [-0.05, 0) is 53.9 Å². The summed E-state index contributed by atoms with van der Waals surface area (Å²) in [6.45, 7) is 1.94. The number of hydrogen-bond acceptors (Lipinski definition) is 3. The maximum atomic E-state index is 11.7. The zero-order valence-corrected chi connectivity index (χ0v) is 12.3. The molecule has 0 saturated carbocycles. The molecule has 1 aromatic carbocycles. The summed E-state index contributed by atoms with van der Waals surface area (Å²) < 4.78 is 5.94. The van der Waals surface area contributed by atoms with Gasteiger partial charge in [0.05, 0.1) is 11.6 Å². The number of nitrogens with two attached hydrogens (primary N) is 1. The van der Waals surface area contributed by atoms with E-state index in [0.717, 1.165) is 28.8 Å². The van der Waals surface area contributed by atoms with Gasteiger partial charge in [-0.25, -0.2) is 0 Å². The van der Waals surface area contributed by atoms with Crippen LogP contribution in [-0.2, 0) is 4.79 Å². The molecule has 0 aromatic heterocycles. The number of carbonyl (C=O) groups excluding carboxylic acids is 1. The predicted octanol–water partition coefficient (Wildman–Crippen LogP) is 2.91. The molecule has 1 unspecified atom stereocenters. The Morgan fingerprint density at radius 1 is 1.56 bits per heavy atom. The van der Waals surface area contributed by atoms with Crippen molar-refractivity contribution in [3.63, 3.8) is 0 Å². The molecule has 100 valence electrons. The van der Waals surface area contributed by atoms with E-state index in [4.69, 9.17) is 10.5 Å². The predicted molar refractivity (Wildman–Crippen MR) is 76.8 cm³/mol. The van der Waals surface area contributed by atoms with Crippen LogP contribution in [0.3, 0.4) is 0 Å². The lowest BCUT2D eigenvalue weighted by molar-refractivity contribution is -0.116. The van der Waals surface area contributed by atoms with E-state index in [-0.39, 0.29) is 11.9 Å². The summed E-state index contributed by atoms with van der Waals surface area (Å²) in [5, 5.41) is 2.84. The van der Waals surface area contributed by atoms with Gasteiger partial charge in [0.2, 0.25) is 5.91 Å². The minimum Gasteiger partial charge on any atom is -0.496 e. The van der Waals surface area contributed by atoms with Gasteiger partial charge < -0.3 is 15.8 Å². The molecule has 5 heteroatoms. The quantitative estimate of drug-likeness (QED) is 0.848. The topological polar surface area (TPSA) is 64.3 Å². The van der Waals surface area contributed by atoms with Crippen LogP contribution in [0.5, 0.6) is 5.75 Å². The van der Waals surface area contributed by atoms with Gasteiger partial charge in [-0.1, -0.05) is 0 Å². The van der Waals surface area contributed by atoms with Crippen molar-refractivity contribution in [2.75, 3.05) is 12.4 Å². The molecule has 4 nitrogen and oxygen atoms in total. The van der Waals surface area contributed by atoms with Crippen molar-refractivity contribution >= 4 is 27.5 Å². The molecule has 1 atom stereocenters. The van der Waals surface area contributed by atoms with Gasteiger partial charge in [-0.2, -0.15) is 0 Å². The van der Waals surface area contributed by atoms with Crippen LogP contribution in [0.4, 0.5) is 5.69 Å². The second-order valence-corrected chi connectivity index (χ2v) is 5.12. The Balaban J connectivity index is 2.47. The van der Waals surface area contributed by atoms with Crippen LogP contribution in [-0.4, -0.2) is 19.1 Å². The van der Waals surface area contributed by atoms with Gasteiger partial charge in [-0.3, -0.25) is 4.79 Å². The van der Waals surface area contributed by atoms with E-state index in [0.29, 0.717) is 6.42 Å². The first kappa shape index (κ1) is 15.0. The Bertz CT molecular complexity index is 408. The second kappa shape index (κ2) is 7.38. The molecule has 1 rings (SSSR count). The van der Waals surface area contributed by atoms with E-state index in [1.807, 2.05) is 25.1 Å². The summed E-state index contributed by atoms with van der Waals surface area (Å²) in [6, 6.07) is 5.59. The lowest BCUT2D eigenvalue weighted by Gasteiger charge is -2.08. The largest absolute Gasteiger partial charge is 0.496 e. The van der Waals surface area contributed by atoms with Crippen molar-refractivity contribution in [3.05, 3.63) is 22.7 Å². The fraction of sp³-hybridized carbons (Fsp3) is 0.462. The molecule has 0 saturated heterocycles. The lowest BCUT2D eigenvalue weighted by atomic mass is 10.1. The molecule has 0 bridgehead atoms. The average molecular weight is 315 g/mol. The van der Waals surface area contributed by atoms with Gasteiger partial charge >= 0.3 is 0 Å². The van der Waals surface area contributed by atoms with Gasteiger partial charge in [0.25, 0.3) is 0 Å². The minimum atomic E-state index is 0.00715. The molecule has 0 spiro atoms. The van der Waals surface area contributed by atoms with Crippen LogP contribution < -0.4 is 15.8 Å². The SMILES string of the molecule is COc1ccc(NC(=O)CCCC(C)N)cc1Br. The summed E-state index contributed by atoms with van der Waals surface area (Å²) in [5.41, 5.74) is 6.39. The van der Waals surface area contributed by atoms with Crippen LogP contribution in [0.1, 0.15) is 26.2 Å². The van der Waals surface area contributed by atoms with Gasteiger partial charge in [0.1, 0.15) is 5.75 Å². The minimum absolute atomic E-state index is 0.00715. The zero-order chi connectivity index (χ0) is 13.5. The van der Waals surface area contributed by atoms with E-state index in [9.17, 15) is 4.79 Å². The van der Waals surface area contributed by atoms with Crippen molar-refractivity contribution < 1.29 is 9.53 Å². The van der Waals surface area contributed by atoms with Gasteiger partial charge in [-0.15, -0.1) is 0 Å².